The number of hydrogen-bond donors (Lipinski definition) is 1. The van der Waals surface area contributed by atoms with E-state index in [1.807, 2.05) is 11.9 Å². The minimum absolute atomic E-state index is 0.109. The highest BCUT2D eigenvalue weighted by molar-refractivity contribution is 5.74. The van der Waals surface area contributed by atoms with Crippen molar-refractivity contribution in [2.45, 2.75) is 79.3 Å². The van der Waals surface area contributed by atoms with Gasteiger partial charge in [-0.15, -0.1) is 0 Å². The van der Waals surface area contributed by atoms with Gasteiger partial charge in [0.1, 0.15) is 0 Å². The first-order valence-electron chi connectivity index (χ1n) is 8.63. The summed E-state index contributed by atoms with van der Waals surface area (Å²) >= 11 is 0. The van der Waals surface area contributed by atoms with Gasteiger partial charge in [-0.2, -0.15) is 0 Å². The number of carbonyl (C=O) groups is 1. The molecule has 0 aliphatic heterocycles. The normalized spacial score (nSPS) is 35.0. The van der Waals surface area contributed by atoms with Gasteiger partial charge in [0.15, 0.2) is 0 Å². The number of nitrogens with one attached hydrogen (secondary N) is 1. The largest absolute Gasteiger partial charge is 0.335 e. The summed E-state index contributed by atoms with van der Waals surface area (Å²) in [7, 11) is 1.93. The zero-order chi connectivity index (χ0) is 16.0. The van der Waals surface area contributed by atoms with Gasteiger partial charge in [-0.25, -0.2) is 4.79 Å². The molecule has 122 valence electrons. The van der Waals surface area contributed by atoms with E-state index in [1.54, 1.807) is 0 Å². The molecule has 2 saturated carbocycles. The molecule has 21 heavy (non-hydrogen) atoms. The summed E-state index contributed by atoms with van der Waals surface area (Å²) in [4.78, 5) is 14.5. The molecule has 0 radical (unpaired) electrons. The predicted molar refractivity (Wildman–Crippen MR) is 88.2 cm³/mol. The third-order valence-corrected chi connectivity index (χ3v) is 6.89. The van der Waals surface area contributed by atoms with E-state index in [2.05, 4.69) is 46.9 Å². The molecule has 4 atom stereocenters. The van der Waals surface area contributed by atoms with Crippen LogP contribution in [0.2, 0.25) is 0 Å². The molecule has 0 heterocycles. The number of nitrogens with zero attached hydrogens (tertiary/aromatic N) is 1. The number of urea groups is 1. The smallest absolute Gasteiger partial charge is 0.317 e. The summed E-state index contributed by atoms with van der Waals surface area (Å²) in [6.07, 6.45) is 4.79. The van der Waals surface area contributed by atoms with E-state index in [0.29, 0.717) is 23.4 Å². The van der Waals surface area contributed by atoms with Crippen molar-refractivity contribution >= 4 is 6.03 Å². The van der Waals surface area contributed by atoms with Crippen LogP contribution in [0.3, 0.4) is 0 Å². The van der Waals surface area contributed by atoms with Crippen LogP contribution in [0.1, 0.15) is 67.2 Å². The van der Waals surface area contributed by atoms with Gasteiger partial charge in [0.2, 0.25) is 0 Å². The monoisotopic (exact) mass is 294 g/mol. The Hall–Kier alpha value is -0.730. The summed E-state index contributed by atoms with van der Waals surface area (Å²) in [6.45, 7) is 13.7. The molecule has 2 aliphatic rings. The predicted octanol–water partition coefficient (Wildman–Crippen LogP) is 4.28. The molecule has 3 heteroatoms. The van der Waals surface area contributed by atoms with Crippen LogP contribution in [-0.4, -0.2) is 30.1 Å². The molecule has 0 aromatic carbocycles. The lowest BCUT2D eigenvalue weighted by Gasteiger charge is -2.40. The average molecular weight is 294 g/mol. The first-order valence-corrected chi connectivity index (χ1v) is 8.63. The molecule has 0 aromatic heterocycles. The lowest BCUT2D eigenvalue weighted by molar-refractivity contribution is 0.116. The third kappa shape index (κ3) is 2.68. The van der Waals surface area contributed by atoms with Crippen molar-refractivity contribution in [3.63, 3.8) is 0 Å². The molecule has 0 saturated heterocycles. The van der Waals surface area contributed by atoms with Crippen molar-refractivity contribution in [2.75, 3.05) is 7.05 Å². The summed E-state index contributed by atoms with van der Waals surface area (Å²) in [5.74, 6) is 1.39. The average Bonchev–Trinajstić information content (AvgIpc) is 2.70. The number of amides is 2. The number of fused-ring (bicyclic) bond motifs is 2. The zero-order valence-corrected chi connectivity index (χ0v) is 15.0. The Balaban J connectivity index is 1.98. The SMILES string of the molecule is CC(C)CC(C)N(C)C(=O)NC1CC2CCC1(C)C2(C)C. The van der Waals surface area contributed by atoms with Crippen molar-refractivity contribution in [1.82, 2.24) is 10.2 Å². The van der Waals surface area contributed by atoms with E-state index in [1.165, 1.54) is 12.8 Å². The summed E-state index contributed by atoms with van der Waals surface area (Å²) in [6, 6.07) is 0.745. The van der Waals surface area contributed by atoms with Gasteiger partial charge >= 0.3 is 6.03 Å². The summed E-state index contributed by atoms with van der Waals surface area (Å²) in [5.41, 5.74) is 0.614. The van der Waals surface area contributed by atoms with E-state index in [9.17, 15) is 4.79 Å². The molecular formula is C18H34N2O. The van der Waals surface area contributed by atoms with Crippen LogP contribution in [0.25, 0.3) is 0 Å². The van der Waals surface area contributed by atoms with Gasteiger partial charge in [0.25, 0.3) is 0 Å². The Kier molecular flexibility index (Phi) is 4.34. The first kappa shape index (κ1) is 16.6. The van der Waals surface area contributed by atoms with Crippen molar-refractivity contribution in [3.05, 3.63) is 0 Å². The van der Waals surface area contributed by atoms with Gasteiger partial charge < -0.3 is 10.2 Å². The van der Waals surface area contributed by atoms with E-state index < -0.39 is 0 Å². The molecule has 0 spiro atoms. The Morgan fingerprint density at radius 2 is 1.90 bits per heavy atom. The lowest BCUT2D eigenvalue weighted by atomic mass is 9.69. The lowest BCUT2D eigenvalue weighted by Crippen LogP contribution is -2.52. The van der Waals surface area contributed by atoms with Crippen LogP contribution < -0.4 is 5.32 Å². The number of carbonyl (C=O) groups excluding carboxylic acids is 1. The van der Waals surface area contributed by atoms with Gasteiger partial charge in [0, 0.05) is 19.1 Å². The second-order valence-electron chi connectivity index (χ2n) is 8.70. The Bertz CT molecular complexity index is 404. The van der Waals surface area contributed by atoms with Gasteiger partial charge in [0.05, 0.1) is 0 Å². The summed E-state index contributed by atoms with van der Waals surface area (Å²) in [5, 5.41) is 3.35. The van der Waals surface area contributed by atoms with Gasteiger partial charge in [-0.05, 0) is 55.3 Å². The quantitative estimate of drug-likeness (QED) is 0.824. The molecule has 2 rings (SSSR count). The fourth-order valence-corrected chi connectivity index (χ4v) is 4.71. The van der Waals surface area contributed by atoms with E-state index in [-0.39, 0.29) is 11.4 Å². The minimum atomic E-state index is 0.109. The molecule has 1 N–H and O–H groups in total. The van der Waals surface area contributed by atoms with E-state index >= 15 is 0 Å². The Labute approximate surface area is 130 Å². The standard InChI is InChI=1S/C18H34N2O/c1-12(2)10-13(3)20(7)16(21)19-15-11-14-8-9-18(15,6)17(14,4)5/h12-15H,8-11H2,1-7H3,(H,19,21). The van der Waals surface area contributed by atoms with Crippen molar-refractivity contribution in [3.8, 4) is 0 Å². The van der Waals surface area contributed by atoms with Crippen molar-refractivity contribution in [2.24, 2.45) is 22.7 Å². The number of rotatable bonds is 4. The van der Waals surface area contributed by atoms with Gasteiger partial charge in [-0.3, -0.25) is 0 Å². The van der Waals surface area contributed by atoms with Crippen LogP contribution >= 0.6 is 0 Å². The highest BCUT2D eigenvalue weighted by atomic mass is 16.2. The fraction of sp³-hybridized carbons (Fsp3) is 0.944. The topological polar surface area (TPSA) is 32.3 Å². The Morgan fingerprint density at radius 1 is 1.29 bits per heavy atom. The van der Waals surface area contributed by atoms with E-state index in [0.717, 1.165) is 18.8 Å². The van der Waals surface area contributed by atoms with Crippen LogP contribution in [0.4, 0.5) is 4.79 Å². The molecule has 3 nitrogen and oxygen atoms in total. The molecular weight excluding hydrogens is 260 g/mol. The molecule has 2 aliphatic carbocycles. The molecule has 2 fully saturated rings. The number of hydrogen-bond acceptors (Lipinski definition) is 1. The maximum atomic E-state index is 12.6. The maximum Gasteiger partial charge on any atom is 0.317 e. The molecule has 2 amide bonds. The van der Waals surface area contributed by atoms with Crippen LogP contribution in [0, 0.1) is 22.7 Å². The first-order chi connectivity index (χ1) is 9.59. The van der Waals surface area contributed by atoms with Crippen LogP contribution in [0.15, 0.2) is 0 Å². The second-order valence-corrected chi connectivity index (χ2v) is 8.70. The van der Waals surface area contributed by atoms with Gasteiger partial charge in [-0.1, -0.05) is 34.6 Å². The zero-order valence-electron chi connectivity index (χ0n) is 15.0. The van der Waals surface area contributed by atoms with Crippen LogP contribution in [-0.2, 0) is 0 Å². The molecule has 4 unspecified atom stereocenters. The molecule has 2 bridgehead atoms. The van der Waals surface area contributed by atoms with E-state index in [4.69, 9.17) is 0 Å². The van der Waals surface area contributed by atoms with Crippen LogP contribution in [0.5, 0.6) is 0 Å². The highest BCUT2D eigenvalue weighted by Gasteiger charge is 2.61. The molecule has 0 aromatic rings. The maximum absolute atomic E-state index is 12.6. The fourth-order valence-electron chi connectivity index (χ4n) is 4.71. The van der Waals surface area contributed by atoms with Crippen molar-refractivity contribution < 1.29 is 4.79 Å². The highest BCUT2D eigenvalue weighted by Crippen LogP contribution is 2.65. The third-order valence-electron chi connectivity index (χ3n) is 6.89. The van der Waals surface area contributed by atoms with Crippen molar-refractivity contribution in [1.29, 1.82) is 0 Å². The minimum Gasteiger partial charge on any atom is -0.335 e. The summed E-state index contributed by atoms with van der Waals surface area (Å²) < 4.78 is 0. The Morgan fingerprint density at radius 3 is 2.33 bits per heavy atom. The second kappa shape index (κ2) is 5.48.